The smallest absolute Gasteiger partial charge is 0.0356 e. The Morgan fingerprint density at radius 1 is 1.29 bits per heavy atom. The lowest BCUT2D eigenvalue weighted by atomic mass is 9.88. The van der Waals surface area contributed by atoms with Gasteiger partial charge in [0.05, 0.1) is 0 Å². The number of hydrogen-bond acceptors (Lipinski definition) is 2. The molecule has 1 atom stereocenters. The quantitative estimate of drug-likeness (QED) is 0.766. The Labute approximate surface area is 110 Å². The lowest BCUT2D eigenvalue weighted by Crippen LogP contribution is -2.27. The lowest BCUT2D eigenvalue weighted by molar-refractivity contribution is 0.330. The summed E-state index contributed by atoms with van der Waals surface area (Å²) in [6.07, 6.45) is 8.56. The number of rotatable bonds is 4. The Bertz CT molecular complexity index is 323. The predicted octanol–water partition coefficient (Wildman–Crippen LogP) is 4.68. The number of nitrogens with one attached hydrogen (secondary N) is 1. The molecule has 1 fully saturated rings. The highest BCUT2D eigenvalue weighted by molar-refractivity contribution is 7.10. The monoisotopic (exact) mass is 251 g/mol. The second-order valence-electron chi connectivity index (χ2n) is 5.28. The van der Waals surface area contributed by atoms with Gasteiger partial charge in [-0.15, -0.1) is 11.3 Å². The van der Waals surface area contributed by atoms with E-state index in [2.05, 4.69) is 30.6 Å². The highest BCUT2D eigenvalue weighted by atomic mass is 32.1. The van der Waals surface area contributed by atoms with Gasteiger partial charge in [0, 0.05) is 10.9 Å². The zero-order chi connectivity index (χ0) is 12.1. The molecule has 1 unspecified atom stereocenters. The van der Waals surface area contributed by atoms with Gasteiger partial charge in [0.15, 0.2) is 0 Å². The minimum atomic E-state index is 0.600. The van der Waals surface area contributed by atoms with Crippen molar-refractivity contribution in [1.29, 1.82) is 0 Å². The van der Waals surface area contributed by atoms with Gasteiger partial charge in [-0.1, -0.05) is 32.6 Å². The number of thiophene rings is 1. The summed E-state index contributed by atoms with van der Waals surface area (Å²) in [5, 5.41) is 6.07. The van der Waals surface area contributed by atoms with E-state index in [1.54, 1.807) is 0 Å². The van der Waals surface area contributed by atoms with Gasteiger partial charge in [0.25, 0.3) is 0 Å². The molecule has 1 aromatic rings. The van der Waals surface area contributed by atoms with Gasteiger partial charge in [0.2, 0.25) is 0 Å². The van der Waals surface area contributed by atoms with E-state index in [0.717, 1.165) is 12.5 Å². The highest BCUT2D eigenvalue weighted by Crippen LogP contribution is 2.35. The summed E-state index contributed by atoms with van der Waals surface area (Å²) < 4.78 is 0. The molecule has 96 valence electrons. The maximum absolute atomic E-state index is 3.72. The van der Waals surface area contributed by atoms with Crippen LogP contribution in [0, 0.1) is 12.8 Å². The molecule has 2 heteroatoms. The second-order valence-corrected chi connectivity index (χ2v) is 6.39. The first kappa shape index (κ1) is 13.1. The standard InChI is InChI=1S/C15H25NS/c1-3-16-15(14-10-12(2)17-11-14)13-8-6-4-5-7-9-13/h10-11,13,15-16H,3-9H2,1-2H3. The van der Waals surface area contributed by atoms with E-state index in [-0.39, 0.29) is 0 Å². The van der Waals surface area contributed by atoms with Crippen molar-refractivity contribution in [2.45, 2.75) is 58.4 Å². The third-order valence-electron chi connectivity index (χ3n) is 3.91. The molecular weight excluding hydrogens is 226 g/mol. The van der Waals surface area contributed by atoms with Crippen LogP contribution in [0.5, 0.6) is 0 Å². The summed E-state index contributed by atoms with van der Waals surface area (Å²) in [5.74, 6) is 0.853. The third-order valence-corrected chi connectivity index (χ3v) is 4.78. The molecule has 0 amide bonds. The van der Waals surface area contributed by atoms with E-state index in [9.17, 15) is 0 Å². The molecule has 0 aromatic carbocycles. The van der Waals surface area contributed by atoms with E-state index >= 15 is 0 Å². The molecule has 1 N–H and O–H groups in total. The summed E-state index contributed by atoms with van der Waals surface area (Å²) in [4.78, 5) is 1.44. The third kappa shape index (κ3) is 3.56. The van der Waals surface area contributed by atoms with E-state index in [0.29, 0.717) is 6.04 Å². The molecule has 0 radical (unpaired) electrons. The van der Waals surface area contributed by atoms with Crippen molar-refractivity contribution in [3.63, 3.8) is 0 Å². The average Bonchev–Trinajstić information content (AvgIpc) is 2.60. The molecule has 1 nitrogen and oxygen atoms in total. The molecule has 0 saturated heterocycles. The molecule has 0 aliphatic heterocycles. The molecule has 0 bridgehead atoms. The Kier molecular flexibility index (Phi) is 5.05. The van der Waals surface area contributed by atoms with Gasteiger partial charge in [-0.3, -0.25) is 0 Å². The summed E-state index contributed by atoms with van der Waals surface area (Å²) in [6.45, 7) is 5.52. The zero-order valence-corrected chi connectivity index (χ0v) is 12.0. The summed E-state index contributed by atoms with van der Waals surface area (Å²) >= 11 is 1.89. The van der Waals surface area contributed by atoms with Crippen molar-refractivity contribution >= 4 is 11.3 Å². The van der Waals surface area contributed by atoms with Crippen molar-refractivity contribution in [3.05, 3.63) is 21.9 Å². The van der Waals surface area contributed by atoms with Crippen LogP contribution in [0.4, 0.5) is 0 Å². The average molecular weight is 251 g/mol. The topological polar surface area (TPSA) is 12.0 Å². The summed E-state index contributed by atoms with van der Waals surface area (Å²) in [6, 6.07) is 2.98. The van der Waals surface area contributed by atoms with Crippen molar-refractivity contribution in [3.8, 4) is 0 Å². The fourth-order valence-electron chi connectivity index (χ4n) is 3.05. The first-order chi connectivity index (χ1) is 8.31. The molecule has 1 saturated carbocycles. The number of aryl methyl sites for hydroxylation is 1. The van der Waals surface area contributed by atoms with Crippen LogP contribution in [0.25, 0.3) is 0 Å². The molecule has 2 rings (SSSR count). The maximum atomic E-state index is 3.72. The van der Waals surface area contributed by atoms with Gasteiger partial charge in [0.1, 0.15) is 0 Å². The van der Waals surface area contributed by atoms with Crippen LogP contribution >= 0.6 is 11.3 Å². The van der Waals surface area contributed by atoms with Gasteiger partial charge in [-0.2, -0.15) is 0 Å². The van der Waals surface area contributed by atoms with Crippen molar-refractivity contribution in [2.24, 2.45) is 5.92 Å². The minimum absolute atomic E-state index is 0.600. The Morgan fingerprint density at radius 3 is 2.53 bits per heavy atom. The lowest BCUT2D eigenvalue weighted by Gasteiger charge is -2.26. The Morgan fingerprint density at radius 2 is 2.00 bits per heavy atom. The van der Waals surface area contributed by atoms with Crippen LogP contribution in [0.2, 0.25) is 0 Å². The van der Waals surface area contributed by atoms with Crippen molar-refractivity contribution in [2.75, 3.05) is 6.54 Å². The molecular formula is C15H25NS. The van der Waals surface area contributed by atoms with Crippen LogP contribution in [-0.4, -0.2) is 6.54 Å². The van der Waals surface area contributed by atoms with Crippen molar-refractivity contribution in [1.82, 2.24) is 5.32 Å². The van der Waals surface area contributed by atoms with E-state index in [1.807, 2.05) is 11.3 Å². The van der Waals surface area contributed by atoms with Crippen LogP contribution in [0.3, 0.4) is 0 Å². The predicted molar refractivity (Wildman–Crippen MR) is 76.7 cm³/mol. The first-order valence-corrected chi connectivity index (χ1v) is 7.97. The molecule has 1 aliphatic rings. The van der Waals surface area contributed by atoms with Crippen LogP contribution in [0.1, 0.15) is 61.9 Å². The molecule has 0 spiro atoms. The zero-order valence-electron chi connectivity index (χ0n) is 11.2. The molecule has 17 heavy (non-hydrogen) atoms. The van der Waals surface area contributed by atoms with Gasteiger partial charge >= 0.3 is 0 Å². The second kappa shape index (κ2) is 6.55. The fraction of sp³-hybridized carbons (Fsp3) is 0.733. The van der Waals surface area contributed by atoms with E-state index in [1.165, 1.54) is 49.0 Å². The van der Waals surface area contributed by atoms with E-state index < -0.39 is 0 Å². The number of hydrogen-bond donors (Lipinski definition) is 1. The largest absolute Gasteiger partial charge is 0.310 e. The Balaban J connectivity index is 2.09. The molecule has 1 aliphatic carbocycles. The van der Waals surface area contributed by atoms with Gasteiger partial charge in [-0.25, -0.2) is 0 Å². The normalized spacial score (nSPS) is 20.1. The SMILES string of the molecule is CCNC(c1csc(C)c1)C1CCCCCC1. The molecule has 1 aromatic heterocycles. The van der Waals surface area contributed by atoms with Crippen LogP contribution in [0.15, 0.2) is 11.4 Å². The molecule has 1 heterocycles. The fourth-order valence-corrected chi connectivity index (χ4v) is 3.79. The van der Waals surface area contributed by atoms with Gasteiger partial charge in [-0.05, 0) is 49.2 Å². The van der Waals surface area contributed by atoms with Crippen LogP contribution < -0.4 is 5.32 Å². The van der Waals surface area contributed by atoms with Gasteiger partial charge < -0.3 is 5.32 Å². The van der Waals surface area contributed by atoms with Crippen molar-refractivity contribution < 1.29 is 0 Å². The minimum Gasteiger partial charge on any atom is -0.310 e. The summed E-state index contributed by atoms with van der Waals surface area (Å²) in [7, 11) is 0. The summed E-state index contributed by atoms with van der Waals surface area (Å²) in [5.41, 5.74) is 1.53. The Hall–Kier alpha value is -0.340. The highest BCUT2D eigenvalue weighted by Gasteiger charge is 2.23. The van der Waals surface area contributed by atoms with E-state index in [4.69, 9.17) is 0 Å². The maximum Gasteiger partial charge on any atom is 0.0356 e. The first-order valence-electron chi connectivity index (χ1n) is 7.09. The van der Waals surface area contributed by atoms with Crippen LogP contribution in [-0.2, 0) is 0 Å².